The van der Waals surface area contributed by atoms with Crippen LogP contribution >= 0.6 is 12.2 Å². The predicted molar refractivity (Wildman–Crippen MR) is 122 cm³/mol. The van der Waals surface area contributed by atoms with Gasteiger partial charge in [-0.25, -0.2) is 4.85 Å². The van der Waals surface area contributed by atoms with Crippen molar-refractivity contribution in [3.8, 4) is 0 Å². The molecule has 2 amide bonds. The number of thiocarbonyl (C=S) groups is 1. The first-order valence-corrected chi connectivity index (χ1v) is 10.3. The van der Waals surface area contributed by atoms with E-state index in [1.807, 2.05) is 0 Å². The highest BCUT2D eigenvalue weighted by Crippen LogP contribution is 2.48. The average Bonchev–Trinajstić information content (AvgIpc) is 2.98. The largest absolute Gasteiger partial charge is 0.407 e. The minimum absolute atomic E-state index is 0.0282. The van der Waals surface area contributed by atoms with Gasteiger partial charge in [0.15, 0.2) is 10.8 Å². The molecule has 1 heterocycles. The monoisotopic (exact) mass is 470 g/mol. The highest BCUT2D eigenvalue weighted by molar-refractivity contribution is 7.81. The van der Waals surface area contributed by atoms with Crippen molar-refractivity contribution in [1.29, 1.82) is 0 Å². The number of anilines is 2. The number of nitrogens with zero attached hydrogens (tertiary/aromatic N) is 3. The van der Waals surface area contributed by atoms with Gasteiger partial charge in [-0.05, 0) is 67.4 Å². The number of carbonyl (C=O) groups excluding carboxylic acids is 2. The van der Waals surface area contributed by atoms with Crippen LogP contribution in [0.1, 0.15) is 30.4 Å². The van der Waals surface area contributed by atoms with E-state index in [4.69, 9.17) is 24.5 Å². The normalized spacial score (nSPS) is 17.5. The van der Waals surface area contributed by atoms with Gasteiger partial charge in [-0.1, -0.05) is 18.2 Å². The molecule has 0 aromatic heterocycles. The molecular weight excluding hydrogens is 453 g/mol. The molecule has 0 bridgehead atoms. The van der Waals surface area contributed by atoms with E-state index in [9.17, 15) is 22.8 Å². The summed E-state index contributed by atoms with van der Waals surface area (Å²) in [7, 11) is 0. The van der Waals surface area contributed by atoms with E-state index < -0.39 is 28.9 Å². The molecule has 0 radical (unpaired) electrons. The van der Waals surface area contributed by atoms with Crippen LogP contribution in [0, 0.1) is 6.57 Å². The van der Waals surface area contributed by atoms with Crippen molar-refractivity contribution < 1.29 is 22.8 Å². The maximum atomic E-state index is 13.5. The molecule has 1 aliphatic heterocycles. The smallest absolute Gasteiger partial charge is 0.366 e. The molecule has 1 saturated carbocycles. The highest BCUT2D eigenvalue weighted by Gasteiger charge is 2.59. The molecule has 2 aromatic carbocycles. The SMILES string of the molecule is [C-]#[N+]c1ccc(N2C(=O)C3(CCC3)N(c3ccc(C=CC(N)=O)cc3)C2=S)cc1C(F)(F)F. The Kier molecular flexibility index (Phi) is 5.46. The number of rotatable bonds is 4. The van der Waals surface area contributed by atoms with E-state index in [1.54, 1.807) is 35.2 Å². The summed E-state index contributed by atoms with van der Waals surface area (Å²) in [6.07, 6.45) is -0.178. The van der Waals surface area contributed by atoms with Gasteiger partial charge >= 0.3 is 6.18 Å². The van der Waals surface area contributed by atoms with Crippen molar-refractivity contribution in [1.82, 2.24) is 0 Å². The van der Waals surface area contributed by atoms with Crippen LogP contribution in [-0.4, -0.2) is 22.5 Å². The molecule has 0 unspecified atom stereocenters. The number of hydrogen-bond donors (Lipinski definition) is 1. The topological polar surface area (TPSA) is 71.0 Å². The molecule has 2 aliphatic rings. The molecule has 1 spiro atoms. The summed E-state index contributed by atoms with van der Waals surface area (Å²) < 4.78 is 40.5. The third-order valence-electron chi connectivity index (χ3n) is 5.85. The summed E-state index contributed by atoms with van der Waals surface area (Å²) in [5, 5.41) is 0.0730. The van der Waals surface area contributed by atoms with Crippen LogP contribution < -0.4 is 15.5 Å². The fourth-order valence-electron chi connectivity index (χ4n) is 4.11. The fraction of sp³-hybridized carbons (Fsp3) is 0.217. The van der Waals surface area contributed by atoms with Gasteiger partial charge in [-0.15, -0.1) is 0 Å². The van der Waals surface area contributed by atoms with E-state index >= 15 is 0 Å². The number of carbonyl (C=O) groups is 2. The number of hydrogen-bond acceptors (Lipinski definition) is 3. The number of primary amides is 1. The lowest BCUT2D eigenvalue weighted by Gasteiger charge is -2.43. The maximum absolute atomic E-state index is 13.5. The van der Waals surface area contributed by atoms with Crippen molar-refractivity contribution >= 4 is 52.3 Å². The molecule has 2 aromatic rings. The second-order valence-corrected chi connectivity index (χ2v) is 8.15. The highest BCUT2D eigenvalue weighted by atomic mass is 32.1. The summed E-state index contributed by atoms with van der Waals surface area (Å²) in [4.78, 5) is 30.1. The average molecular weight is 470 g/mol. The molecule has 33 heavy (non-hydrogen) atoms. The first-order chi connectivity index (χ1) is 15.6. The molecule has 1 saturated heterocycles. The van der Waals surface area contributed by atoms with Gasteiger partial charge < -0.3 is 10.6 Å². The lowest BCUT2D eigenvalue weighted by Crippen LogP contribution is -2.55. The first kappa shape index (κ1) is 22.5. The quantitative estimate of drug-likeness (QED) is 0.395. The summed E-state index contributed by atoms with van der Waals surface area (Å²) in [6.45, 7) is 7.02. The van der Waals surface area contributed by atoms with Gasteiger partial charge in [0, 0.05) is 17.5 Å². The first-order valence-electron chi connectivity index (χ1n) is 9.93. The Morgan fingerprint density at radius 1 is 1.15 bits per heavy atom. The van der Waals surface area contributed by atoms with Crippen LogP contribution in [0.4, 0.5) is 30.2 Å². The number of halogens is 3. The Morgan fingerprint density at radius 3 is 2.30 bits per heavy atom. The van der Waals surface area contributed by atoms with E-state index in [1.165, 1.54) is 12.1 Å². The van der Waals surface area contributed by atoms with Crippen LogP contribution in [0.5, 0.6) is 0 Å². The van der Waals surface area contributed by atoms with E-state index in [0.717, 1.165) is 23.5 Å². The standard InChI is InChI=1S/C23H17F3N4O2S/c1-28-18-9-8-16(13-17(18)23(24,25)26)29-20(32)22(11-2-12-22)30(21(29)33)15-6-3-14(4-7-15)5-10-19(27)31/h3-10,13H,2,11-12H2,(H2,27,31). The molecule has 10 heteroatoms. The summed E-state index contributed by atoms with van der Waals surface area (Å²) >= 11 is 5.58. The third-order valence-corrected chi connectivity index (χ3v) is 6.21. The Hall–Kier alpha value is -3.71. The Morgan fingerprint density at radius 2 is 1.79 bits per heavy atom. The van der Waals surface area contributed by atoms with Gasteiger partial charge in [0.1, 0.15) is 5.54 Å². The lowest BCUT2D eigenvalue weighted by atomic mass is 9.75. The van der Waals surface area contributed by atoms with Gasteiger partial charge in [0.2, 0.25) is 5.91 Å². The Labute approximate surface area is 192 Å². The molecular formula is C23H17F3N4O2S. The third kappa shape index (κ3) is 3.74. The number of alkyl halides is 3. The molecule has 6 nitrogen and oxygen atoms in total. The van der Waals surface area contributed by atoms with Gasteiger partial charge in [-0.3, -0.25) is 14.5 Å². The number of benzene rings is 2. The zero-order valence-corrected chi connectivity index (χ0v) is 17.9. The minimum Gasteiger partial charge on any atom is -0.366 e. The number of nitrogens with two attached hydrogens (primary N) is 1. The molecule has 0 atom stereocenters. The molecule has 4 rings (SSSR count). The van der Waals surface area contributed by atoms with Crippen molar-refractivity contribution in [2.24, 2.45) is 5.73 Å². The Bertz CT molecular complexity index is 1230. The van der Waals surface area contributed by atoms with Crippen LogP contribution in [0.15, 0.2) is 48.5 Å². The molecule has 168 valence electrons. The van der Waals surface area contributed by atoms with Crippen LogP contribution in [0.3, 0.4) is 0 Å². The second-order valence-electron chi connectivity index (χ2n) is 7.78. The van der Waals surface area contributed by atoms with Crippen molar-refractivity contribution in [3.05, 3.63) is 71.1 Å². The Balaban J connectivity index is 1.74. The zero-order chi connectivity index (χ0) is 24.0. The van der Waals surface area contributed by atoms with Crippen molar-refractivity contribution in [2.75, 3.05) is 9.80 Å². The van der Waals surface area contributed by atoms with Crippen molar-refractivity contribution in [3.63, 3.8) is 0 Å². The van der Waals surface area contributed by atoms with E-state index in [-0.39, 0.29) is 16.7 Å². The second kappa shape index (κ2) is 8.01. The summed E-state index contributed by atoms with van der Waals surface area (Å²) in [6, 6.07) is 10.1. The summed E-state index contributed by atoms with van der Waals surface area (Å²) in [5.74, 6) is -0.975. The van der Waals surface area contributed by atoms with Crippen LogP contribution in [0.25, 0.3) is 10.9 Å². The van der Waals surface area contributed by atoms with Gasteiger partial charge in [-0.2, -0.15) is 13.2 Å². The number of amides is 2. The van der Waals surface area contributed by atoms with Gasteiger partial charge in [0.05, 0.1) is 12.1 Å². The van der Waals surface area contributed by atoms with Crippen molar-refractivity contribution in [2.45, 2.75) is 31.0 Å². The lowest BCUT2D eigenvalue weighted by molar-refractivity contribution is -0.137. The molecule has 2 N–H and O–H groups in total. The van der Waals surface area contributed by atoms with Gasteiger partial charge in [0.25, 0.3) is 5.91 Å². The fourth-order valence-corrected chi connectivity index (χ4v) is 4.58. The van der Waals surface area contributed by atoms with E-state index in [2.05, 4.69) is 4.85 Å². The maximum Gasteiger partial charge on any atom is 0.407 e. The molecule has 2 fully saturated rings. The molecule has 1 aliphatic carbocycles. The van der Waals surface area contributed by atoms with E-state index in [0.29, 0.717) is 24.1 Å². The van der Waals surface area contributed by atoms with Crippen LogP contribution in [-0.2, 0) is 15.8 Å². The summed E-state index contributed by atoms with van der Waals surface area (Å²) in [5.41, 5.74) is 3.78. The zero-order valence-electron chi connectivity index (χ0n) is 17.1. The van der Waals surface area contributed by atoms with Crippen LogP contribution in [0.2, 0.25) is 0 Å². The minimum atomic E-state index is -4.75. The predicted octanol–water partition coefficient (Wildman–Crippen LogP) is 4.82.